The summed E-state index contributed by atoms with van der Waals surface area (Å²) in [5.41, 5.74) is 1.08. The molecule has 3 rings (SSSR count). The number of ether oxygens (including phenoxy) is 3. The smallest absolute Gasteiger partial charge is 0.322 e. The molecule has 0 saturated carbocycles. The second-order valence-corrected chi connectivity index (χ2v) is 6.54. The minimum Gasteiger partial charge on any atom is -0.497 e. The van der Waals surface area contributed by atoms with Crippen LogP contribution in [-0.4, -0.2) is 50.8 Å². The molecule has 2 aromatic rings. The van der Waals surface area contributed by atoms with Crippen molar-refractivity contribution in [2.45, 2.75) is 18.9 Å². The average molecular weight is 399 g/mol. The van der Waals surface area contributed by atoms with Crippen molar-refractivity contribution >= 4 is 23.3 Å². The van der Waals surface area contributed by atoms with Gasteiger partial charge in [-0.15, -0.1) is 0 Å². The zero-order valence-electron chi connectivity index (χ0n) is 16.7. The maximum Gasteiger partial charge on any atom is 0.322 e. The first-order valence-corrected chi connectivity index (χ1v) is 9.31. The van der Waals surface area contributed by atoms with Crippen LogP contribution in [0.5, 0.6) is 17.2 Å². The van der Waals surface area contributed by atoms with E-state index in [0.717, 1.165) is 6.42 Å². The Hall–Kier alpha value is -3.42. The zero-order chi connectivity index (χ0) is 20.8. The lowest BCUT2D eigenvalue weighted by molar-refractivity contribution is -0.119. The predicted molar refractivity (Wildman–Crippen MR) is 110 cm³/mol. The summed E-state index contributed by atoms with van der Waals surface area (Å²) in [6, 6.07) is 11.4. The number of amides is 3. The molecule has 1 aliphatic heterocycles. The van der Waals surface area contributed by atoms with Gasteiger partial charge in [-0.05, 0) is 37.1 Å². The Morgan fingerprint density at radius 3 is 2.38 bits per heavy atom. The van der Waals surface area contributed by atoms with Crippen LogP contribution in [0, 0.1) is 0 Å². The maximum atomic E-state index is 12.9. The Bertz CT molecular complexity index is 886. The van der Waals surface area contributed by atoms with Gasteiger partial charge in [0.1, 0.15) is 23.3 Å². The monoisotopic (exact) mass is 399 g/mol. The summed E-state index contributed by atoms with van der Waals surface area (Å²) in [4.78, 5) is 27.2. The quantitative estimate of drug-likeness (QED) is 0.778. The molecule has 1 atom stereocenters. The van der Waals surface area contributed by atoms with Gasteiger partial charge >= 0.3 is 6.03 Å². The topological polar surface area (TPSA) is 89.1 Å². The van der Waals surface area contributed by atoms with Crippen LogP contribution in [0.15, 0.2) is 42.5 Å². The summed E-state index contributed by atoms with van der Waals surface area (Å²) in [6.07, 6.45) is 1.33. The summed E-state index contributed by atoms with van der Waals surface area (Å²) >= 11 is 0. The molecule has 1 aliphatic rings. The van der Waals surface area contributed by atoms with Gasteiger partial charge in [-0.25, -0.2) is 4.79 Å². The molecule has 0 unspecified atom stereocenters. The summed E-state index contributed by atoms with van der Waals surface area (Å²) < 4.78 is 15.8. The number of methoxy groups -OCH3 is 3. The molecule has 3 amide bonds. The predicted octanol–water partition coefficient (Wildman–Crippen LogP) is 3.35. The van der Waals surface area contributed by atoms with E-state index in [9.17, 15) is 9.59 Å². The zero-order valence-corrected chi connectivity index (χ0v) is 16.7. The minimum absolute atomic E-state index is 0.263. The number of hydrogen-bond donors (Lipinski definition) is 2. The van der Waals surface area contributed by atoms with Crippen molar-refractivity contribution < 1.29 is 23.8 Å². The standard InChI is InChI=1S/C21H25N3O5/c1-27-14-10-11-16(19(13-14)29-3)22-20(25)17-8-6-12-24(17)21(26)23-15-7-4-5-9-18(15)28-2/h4-5,7,9-11,13,17H,6,8,12H2,1-3H3,(H,22,25)(H,23,26)/t17-/m0/s1. The molecular formula is C21H25N3O5. The van der Waals surface area contributed by atoms with Crippen LogP contribution < -0.4 is 24.8 Å². The molecule has 29 heavy (non-hydrogen) atoms. The number of rotatable bonds is 6. The van der Waals surface area contributed by atoms with Crippen molar-refractivity contribution in [2.24, 2.45) is 0 Å². The van der Waals surface area contributed by atoms with Gasteiger partial charge in [0.05, 0.1) is 32.7 Å². The molecule has 2 N–H and O–H groups in total. The summed E-state index contributed by atoms with van der Waals surface area (Å²) in [7, 11) is 4.62. The fourth-order valence-electron chi connectivity index (χ4n) is 3.34. The summed E-state index contributed by atoms with van der Waals surface area (Å²) in [5.74, 6) is 1.41. The molecule has 0 bridgehead atoms. The van der Waals surface area contributed by atoms with Gasteiger partial charge in [0.15, 0.2) is 0 Å². The first-order valence-electron chi connectivity index (χ1n) is 9.31. The van der Waals surface area contributed by atoms with Crippen LogP contribution in [0.2, 0.25) is 0 Å². The number of urea groups is 1. The van der Waals surface area contributed by atoms with E-state index < -0.39 is 6.04 Å². The van der Waals surface area contributed by atoms with Crippen LogP contribution in [-0.2, 0) is 4.79 Å². The normalized spacial score (nSPS) is 15.6. The van der Waals surface area contributed by atoms with E-state index in [0.29, 0.717) is 41.6 Å². The molecule has 0 radical (unpaired) electrons. The number of benzene rings is 2. The third-order valence-electron chi connectivity index (χ3n) is 4.83. The number of carbonyl (C=O) groups excluding carboxylic acids is 2. The van der Waals surface area contributed by atoms with Crippen LogP contribution in [0.1, 0.15) is 12.8 Å². The maximum absolute atomic E-state index is 12.9. The number of para-hydroxylation sites is 2. The van der Waals surface area contributed by atoms with Crippen molar-refractivity contribution in [2.75, 3.05) is 38.5 Å². The Morgan fingerprint density at radius 2 is 1.66 bits per heavy atom. The number of hydrogen-bond acceptors (Lipinski definition) is 5. The summed E-state index contributed by atoms with van der Waals surface area (Å²) in [6.45, 7) is 0.499. The van der Waals surface area contributed by atoms with Crippen molar-refractivity contribution in [1.82, 2.24) is 4.90 Å². The minimum atomic E-state index is -0.573. The number of carbonyl (C=O) groups is 2. The van der Waals surface area contributed by atoms with Crippen LogP contribution in [0.25, 0.3) is 0 Å². The summed E-state index contributed by atoms with van der Waals surface area (Å²) in [5, 5.41) is 5.69. The van der Waals surface area contributed by atoms with E-state index in [1.807, 2.05) is 12.1 Å². The van der Waals surface area contributed by atoms with Gasteiger partial charge in [0.2, 0.25) is 5.91 Å². The van der Waals surface area contributed by atoms with Crippen LogP contribution >= 0.6 is 0 Å². The molecule has 8 heteroatoms. The molecule has 0 aromatic heterocycles. The number of likely N-dealkylation sites (tertiary alicyclic amines) is 1. The third kappa shape index (κ3) is 4.53. The molecular weight excluding hydrogens is 374 g/mol. The van der Waals surface area contributed by atoms with Crippen LogP contribution in [0.4, 0.5) is 16.2 Å². The van der Waals surface area contributed by atoms with Gasteiger partial charge < -0.3 is 29.7 Å². The van der Waals surface area contributed by atoms with Crippen molar-refractivity contribution in [3.8, 4) is 17.2 Å². The van der Waals surface area contributed by atoms with Crippen LogP contribution in [0.3, 0.4) is 0 Å². The molecule has 1 saturated heterocycles. The highest BCUT2D eigenvalue weighted by Gasteiger charge is 2.34. The van der Waals surface area contributed by atoms with E-state index in [2.05, 4.69) is 10.6 Å². The fourth-order valence-corrected chi connectivity index (χ4v) is 3.34. The lowest BCUT2D eigenvalue weighted by Crippen LogP contribution is -2.45. The average Bonchev–Trinajstić information content (AvgIpc) is 3.24. The highest BCUT2D eigenvalue weighted by Crippen LogP contribution is 2.30. The Labute approximate surface area is 169 Å². The van der Waals surface area contributed by atoms with Crippen molar-refractivity contribution in [1.29, 1.82) is 0 Å². The van der Waals surface area contributed by atoms with Crippen molar-refractivity contribution in [3.05, 3.63) is 42.5 Å². The van der Waals surface area contributed by atoms with E-state index in [1.54, 1.807) is 44.6 Å². The molecule has 154 valence electrons. The molecule has 0 aliphatic carbocycles. The number of nitrogens with one attached hydrogen (secondary N) is 2. The molecule has 0 spiro atoms. The molecule has 1 heterocycles. The highest BCUT2D eigenvalue weighted by atomic mass is 16.5. The van der Waals surface area contributed by atoms with E-state index in [-0.39, 0.29) is 11.9 Å². The van der Waals surface area contributed by atoms with Crippen molar-refractivity contribution in [3.63, 3.8) is 0 Å². The fraction of sp³-hybridized carbons (Fsp3) is 0.333. The number of anilines is 2. The second kappa shape index (κ2) is 9.18. The van der Waals surface area contributed by atoms with Gasteiger partial charge in [0.25, 0.3) is 0 Å². The Balaban J connectivity index is 1.71. The lowest BCUT2D eigenvalue weighted by Gasteiger charge is -2.25. The van der Waals surface area contributed by atoms with Gasteiger partial charge in [0, 0.05) is 12.6 Å². The van der Waals surface area contributed by atoms with E-state index >= 15 is 0 Å². The van der Waals surface area contributed by atoms with Gasteiger partial charge in [-0.1, -0.05) is 12.1 Å². The Kier molecular flexibility index (Phi) is 6.43. The van der Waals surface area contributed by atoms with Gasteiger partial charge in [-0.2, -0.15) is 0 Å². The van der Waals surface area contributed by atoms with Gasteiger partial charge in [-0.3, -0.25) is 4.79 Å². The highest BCUT2D eigenvalue weighted by molar-refractivity contribution is 6.00. The first kappa shape index (κ1) is 20.3. The lowest BCUT2D eigenvalue weighted by atomic mass is 10.2. The van der Waals surface area contributed by atoms with E-state index in [4.69, 9.17) is 14.2 Å². The molecule has 8 nitrogen and oxygen atoms in total. The SMILES string of the molecule is COc1ccc(NC(=O)[C@@H]2CCCN2C(=O)Nc2ccccc2OC)c(OC)c1. The Morgan fingerprint density at radius 1 is 0.931 bits per heavy atom. The number of nitrogens with zero attached hydrogens (tertiary/aromatic N) is 1. The first-order chi connectivity index (χ1) is 14.1. The second-order valence-electron chi connectivity index (χ2n) is 6.54. The van der Waals surface area contributed by atoms with E-state index in [1.165, 1.54) is 12.0 Å². The molecule has 2 aromatic carbocycles. The molecule has 1 fully saturated rings. The third-order valence-corrected chi connectivity index (χ3v) is 4.83. The largest absolute Gasteiger partial charge is 0.497 e.